The lowest BCUT2D eigenvalue weighted by atomic mass is 10.0. The molecule has 2 aromatic rings. The number of hydrogen-bond acceptors (Lipinski definition) is 8. The molecule has 0 amide bonds. The van der Waals surface area contributed by atoms with Crippen LogP contribution in [0.5, 0.6) is 0 Å². The van der Waals surface area contributed by atoms with Crippen molar-refractivity contribution < 1.29 is 22.3 Å². The van der Waals surface area contributed by atoms with Gasteiger partial charge in [0.2, 0.25) is 15.9 Å². The molecule has 10 nitrogen and oxygen atoms in total. The van der Waals surface area contributed by atoms with Crippen LogP contribution in [0.15, 0.2) is 29.3 Å². The van der Waals surface area contributed by atoms with E-state index in [1.807, 2.05) is 0 Å². The first-order chi connectivity index (χ1) is 15.5. The Morgan fingerprint density at radius 1 is 1.30 bits per heavy atom. The molecule has 2 fully saturated rings. The Kier molecular flexibility index (Phi) is 6.20. The minimum Gasteiger partial charge on any atom is -0.424 e. The van der Waals surface area contributed by atoms with E-state index < -0.39 is 22.2 Å². The number of ether oxygens (including phenoxy) is 2. The van der Waals surface area contributed by atoms with Crippen LogP contribution in [0, 0.1) is 10.8 Å². The number of fused-ring (bicyclic) bond motifs is 1. The quantitative estimate of drug-likeness (QED) is 0.366. The van der Waals surface area contributed by atoms with E-state index in [4.69, 9.17) is 20.3 Å². The normalized spacial score (nSPS) is 22.7. The molecule has 2 aromatic heterocycles. The van der Waals surface area contributed by atoms with Crippen LogP contribution in [0.1, 0.15) is 26.5 Å². The highest BCUT2D eigenvalue weighted by Crippen LogP contribution is 2.31. The Morgan fingerprint density at radius 2 is 1.97 bits per heavy atom. The van der Waals surface area contributed by atoms with Crippen LogP contribution in [-0.4, -0.2) is 75.2 Å². The molecule has 33 heavy (non-hydrogen) atoms. The third-order valence-corrected chi connectivity index (χ3v) is 7.32. The molecule has 0 aromatic carbocycles. The van der Waals surface area contributed by atoms with Gasteiger partial charge in [-0.3, -0.25) is 10.8 Å². The average molecular weight is 481 g/mol. The molecule has 12 heteroatoms. The van der Waals surface area contributed by atoms with E-state index in [0.717, 1.165) is 0 Å². The number of pyridine rings is 1. The topological polar surface area (TPSA) is 132 Å². The number of sulfonamides is 1. The van der Waals surface area contributed by atoms with Gasteiger partial charge in [-0.25, -0.2) is 12.8 Å². The lowest BCUT2D eigenvalue weighted by molar-refractivity contribution is -0.0725. The number of rotatable bonds is 6. The summed E-state index contributed by atoms with van der Waals surface area (Å²) >= 11 is 0. The second kappa shape index (κ2) is 8.67. The number of nitrogens with zero attached hydrogens (tertiary/aromatic N) is 2. The minimum atomic E-state index is -4.10. The highest BCUT2D eigenvalue weighted by molar-refractivity contribution is 7.89. The van der Waals surface area contributed by atoms with Gasteiger partial charge in [0.15, 0.2) is 5.90 Å². The van der Waals surface area contributed by atoms with Crippen LogP contribution < -0.4 is 14.9 Å². The highest BCUT2D eigenvalue weighted by Gasteiger charge is 2.43. The number of alkyl halides is 1. The molecule has 4 N–H and O–H groups in total. The van der Waals surface area contributed by atoms with Crippen molar-refractivity contribution in [2.75, 3.05) is 37.9 Å². The Hall–Kier alpha value is -2.54. The SMILES string of the molecule is CC(=N)OC(=N)c1ccc2c(N3C[C@H](C)N[C@@H](C)C3)cc(S(=O)(=O)NC3(CF)COC3)cn12. The Labute approximate surface area is 192 Å². The standard InChI is InChI=1S/C21H29FN6O4S/c1-13-7-27(8-14(2)25-13)19-6-16(33(29,30)26-21(10-22)11-31-12-21)9-28-17(19)4-5-18(28)20(24)32-15(3)23/h4-6,9,13-14,23-26H,7-8,10-12H2,1-3H3/t13-,14-/m0/s1. The summed E-state index contributed by atoms with van der Waals surface area (Å²) in [4.78, 5) is 2.05. The van der Waals surface area contributed by atoms with Crippen molar-refractivity contribution in [3.05, 3.63) is 30.1 Å². The molecular formula is C21H29FN6O4S. The summed E-state index contributed by atoms with van der Waals surface area (Å²) in [5.41, 5.74) is 0.424. The molecule has 2 aliphatic rings. The summed E-state index contributed by atoms with van der Waals surface area (Å²) in [5.74, 6) is -0.425. The van der Waals surface area contributed by atoms with E-state index in [1.54, 1.807) is 22.6 Å². The maximum atomic E-state index is 13.6. The van der Waals surface area contributed by atoms with Crippen LogP contribution >= 0.6 is 0 Å². The van der Waals surface area contributed by atoms with Crippen molar-refractivity contribution in [1.82, 2.24) is 14.4 Å². The molecule has 180 valence electrons. The van der Waals surface area contributed by atoms with Crippen LogP contribution in [0.2, 0.25) is 0 Å². The fraction of sp³-hybridized carbons (Fsp3) is 0.524. The second-order valence-electron chi connectivity index (χ2n) is 8.91. The molecule has 0 bridgehead atoms. The van der Waals surface area contributed by atoms with Crippen molar-refractivity contribution in [1.29, 1.82) is 10.8 Å². The second-order valence-corrected chi connectivity index (χ2v) is 10.6. The van der Waals surface area contributed by atoms with Gasteiger partial charge in [0.05, 0.1) is 24.4 Å². The van der Waals surface area contributed by atoms with E-state index in [2.05, 4.69) is 28.8 Å². The van der Waals surface area contributed by atoms with Crippen molar-refractivity contribution in [2.45, 2.75) is 43.3 Å². The maximum Gasteiger partial charge on any atom is 0.242 e. The third-order valence-electron chi connectivity index (χ3n) is 5.78. The molecule has 4 heterocycles. The molecule has 2 aliphatic heterocycles. The molecular weight excluding hydrogens is 451 g/mol. The molecule has 0 spiro atoms. The monoisotopic (exact) mass is 480 g/mol. The molecule has 2 saturated heterocycles. The minimum absolute atomic E-state index is 0.0312. The van der Waals surface area contributed by atoms with Gasteiger partial charge in [0, 0.05) is 38.3 Å². The number of halogens is 1. The molecule has 0 unspecified atom stereocenters. The van der Waals surface area contributed by atoms with Crippen molar-refractivity contribution in [2.24, 2.45) is 0 Å². The maximum absolute atomic E-state index is 13.6. The van der Waals surface area contributed by atoms with E-state index in [9.17, 15) is 12.8 Å². The summed E-state index contributed by atoms with van der Waals surface area (Å²) < 4.78 is 54.4. The van der Waals surface area contributed by atoms with Gasteiger partial charge in [0.25, 0.3) is 0 Å². The zero-order chi connectivity index (χ0) is 24.0. The lowest BCUT2D eigenvalue weighted by Gasteiger charge is -2.39. The fourth-order valence-corrected chi connectivity index (χ4v) is 5.71. The predicted octanol–water partition coefficient (Wildman–Crippen LogP) is 1.48. The third kappa shape index (κ3) is 4.60. The van der Waals surface area contributed by atoms with Gasteiger partial charge in [-0.15, -0.1) is 0 Å². The zero-order valence-electron chi connectivity index (χ0n) is 18.8. The lowest BCUT2D eigenvalue weighted by Crippen LogP contribution is -2.63. The predicted molar refractivity (Wildman–Crippen MR) is 123 cm³/mol. The summed E-state index contributed by atoms with van der Waals surface area (Å²) in [6.07, 6.45) is 1.40. The van der Waals surface area contributed by atoms with Gasteiger partial charge in [-0.2, -0.15) is 4.72 Å². The van der Waals surface area contributed by atoms with Crippen molar-refractivity contribution in [3.63, 3.8) is 0 Å². The smallest absolute Gasteiger partial charge is 0.242 e. The van der Waals surface area contributed by atoms with Gasteiger partial charge in [-0.05, 0) is 32.0 Å². The van der Waals surface area contributed by atoms with Crippen LogP contribution in [0.3, 0.4) is 0 Å². The van der Waals surface area contributed by atoms with E-state index in [-0.39, 0.29) is 42.0 Å². The van der Waals surface area contributed by atoms with Gasteiger partial charge in [-0.1, -0.05) is 0 Å². The number of nitrogens with one attached hydrogen (secondary N) is 4. The van der Waals surface area contributed by atoms with Crippen LogP contribution in [0.25, 0.3) is 5.52 Å². The first kappa shape index (κ1) is 23.6. The van der Waals surface area contributed by atoms with Crippen molar-refractivity contribution >= 4 is 33.0 Å². The summed E-state index contributed by atoms with van der Waals surface area (Å²) in [7, 11) is -4.10. The van der Waals surface area contributed by atoms with Gasteiger partial charge in [0.1, 0.15) is 22.8 Å². The highest BCUT2D eigenvalue weighted by atomic mass is 32.2. The van der Waals surface area contributed by atoms with Gasteiger partial charge >= 0.3 is 0 Å². The number of hydrogen-bond donors (Lipinski definition) is 4. The first-order valence-electron chi connectivity index (χ1n) is 10.7. The Morgan fingerprint density at radius 3 is 2.52 bits per heavy atom. The van der Waals surface area contributed by atoms with Crippen LogP contribution in [-0.2, 0) is 19.5 Å². The largest absolute Gasteiger partial charge is 0.424 e. The molecule has 2 atom stereocenters. The summed E-state index contributed by atoms with van der Waals surface area (Å²) in [6.45, 7) is 5.91. The van der Waals surface area contributed by atoms with E-state index >= 15 is 0 Å². The first-order valence-corrected chi connectivity index (χ1v) is 12.2. The Bertz CT molecular complexity index is 1180. The number of piperazine rings is 1. The van der Waals surface area contributed by atoms with Crippen LogP contribution in [0.4, 0.5) is 10.1 Å². The molecule has 4 rings (SSSR count). The average Bonchev–Trinajstić information content (AvgIpc) is 3.13. The van der Waals surface area contributed by atoms with E-state index in [0.29, 0.717) is 30.0 Å². The summed E-state index contributed by atoms with van der Waals surface area (Å²) in [5, 5.41) is 19.2. The molecule has 0 aliphatic carbocycles. The summed E-state index contributed by atoms with van der Waals surface area (Å²) in [6, 6.07) is 5.42. The molecule has 0 saturated carbocycles. The zero-order valence-corrected chi connectivity index (χ0v) is 19.6. The fourth-order valence-electron chi connectivity index (χ4n) is 4.34. The number of aromatic nitrogens is 1. The number of anilines is 1. The Balaban J connectivity index is 1.84. The van der Waals surface area contributed by atoms with Gasteiger partial charge < -0.3 is 24.1 Å². The molecule has 0 radical (unpaired) electrons. The van der Waals surface area contributed by atoms with E-state index in [1.165, 1.54) is 13.1 Å². The van der Waals surface area contributed by atoms with Crippen molar-refractivity contribution in [3.8, 4) is 0 Å².